The molecule has 0 heterocycles. The molecule has 1 unspecified atom stereocenters. The van der Waals surface area contributed by atoms with Gasteiger partial charge in [0.1, 0.15) is 5.82 Å². The van der Waals surface area contributed by atoms with Gasteiger partial charge in [0.25, 0.3) is 0 Å². The molecule has 6 heteroatoms. The molecule has 0 saturated carbocycles. The van der Waals surface area contributed by atoms with Crippen molar-refractivity contribution in [1.29, 1.82) is 0 Å². The maximum atomic E-state index is 13.3. The van der Waals surface area contributed by atoms with E-state index in [0.717, 1.165) is 11.1 Å². The molecule has 1 atom stereocenters. The molecule has 0 aliphatic heterocycles. The molecule has 5 nitrogen and oxygen atoms in total. The molecule has 0 radical (unpaired) electrons. The maximum Gasteiger partial charge on any atom is 0.305 e. The van der Waals surface area contributed by atoms with E-state index in [2.05, 4.69) is 10.1 Å². The predicted molar refractivity (Wildman–Crippen MR) is 102 cm³/mol. The van der Waals surface area contributed by atoms with Crippen molar-refractivity contribution in [2.24, 2.45) is 0 Å². The van der Waals surface area contributed by atoms with Crippen LogP contribution in [0.5, 0.6) is 0 Å². The van der Waals surface area contributed by atoms with Crippen molar-refractivity contribution in [2.75, 3.05) is 27.2 Å². The minimum absolute atomic E-state index is 0.134. The number of likely N-dealkylation sites (N-methyl/N-ethyl adjacent to an activating group) is 1. The molecule has 1 amide bonds. The number of hydrogen-bond acceptors (Lipinski definition) is 4. The van der Waals surface area contributed by atoms with Gasteiger partial charge in [-0.1, -0.05) is 42.5 Å². The second kappa shape index (κ2) is 10.4. The summed E-state index contributed by atoms with van der Waals surface area (Å²) in [5.74, 6) is -0.719. The fourth-order valence-corrected chi connectivity index (χ4v) is 2.92. The minimum Gasteiger partial charge on any atom is -0.469 e. The van der Waals surface area contributed by atoms with E-state index in [1.54, 1.807) is 12.1 Å². The van der Waals surface area contributed by atoms with Crippen LogP contribution in [0.2, 0.25) is 0 Å². The lowest BCUT2D eigenvalue weighted by atomic mass is 9.97. The Morgan fingerprint density at radius 1 is 1.07 bits per heavy atom. The van der Waals surface area contributed by atoms with Crippen LogP contribution in [-0.2, 0) is 14.3 Å². The maximum absolute atomic E-state index is 13.3. The lowest BCUT2D eigenvalue weighted by Gasteiger charge is -2.28. The monoisotopic (exact) mass is 372 g/mol. The number of rotatable bonds is 9. The van der Waals surface area contributed by atoms with Gasteiger partial charge in [-0.2, -0.15) is 0 Å². The average molecular weight is 372 g/mol. The Hall–Kier alpha value is -2.73. The average Bonchev–Trinajstić information content (AvgIpc) is 2.67. The van der Waals surface area contributed by atoms with Gasteiger partial charge in [-0.3, -0.25) is 14.5 Å². The van der Waals surface area contributed by atoms with E-state index in [-0.39, 0.29) is 36.7 Å². The van der Waals surface area contributed by atoms with Gasteiger partial charge >= 0.3 is 5.97 Å². The lowest BCUT2D eigenvalue weighted by Crippen LogP contribution is -2.38. The highest BCUT2D eigenvalue weighted by Crippen LogP contribution is 2.27. The highest BCUT2D eigenvalue weighted by atomic mass is 19.1. The zero-order valence-electron chi connectivity index (χ0n) is 15.7. The van der Waals surface area contributed by atoms with Gasteiger partial charge in [-0.15, -0.1) is 0 Å². The van der Waals surface area contributed by atoms with E-state index in [9.17, 15) is 14.0 Å². The van der Waals surface area contributed by atoms with Gasteiger partial charge < -0.3 is 10.1 Å². The van der Waals surface area contributed by atoms with E-state index >= 15 is 0 Å². The van der Waals surface area contributed by atoms with Gasteiger partial charge in [0, 0.05) is 13.0 Å². The van der Waals surface area contributed by atoms with Crippen molar-refractivity contribution >= 4 is 11.9 Å². The van der Waals surface area contributed by atoms with Crippen molar-refractivity contribution in [3.05, 3.63) is 71.5 Å². The van der Waals surface area contributed by atoms with Gasteiger partial charge in [0.2, 0.25) is 5.91 Å². The normalized spacial score (nSPS) is 11.9. The summed E-state index contributed by atoms with van der Waals surface area (Å²) in [5.41, 5.74) is 1.92. The number of ether oxygens (including phenoxy) is 1. The summed E-state index contributed by atoms with van der Waals surface area (Å²) in [6, 6.07) is 15.9. The van der Waals surface area contributed by atoms with Crippen LogP contribution in [0.15, 0.2) is 54.6 Å². The molecule has 144 valence electrons. The molecular formula is C21H25FN2O3. The van der Waals surface area contributed by atoms with Crippen molar-refractivity contribution in [2.45, 2.75) is 18.9 Å². The van der Waals surface area contributed by atoms with Gasteiger partial charge in [-0.25, -0.2) is 4.39 Å². The summed E-state index contributed by atoms with van der Waals surface area (Å²) < 4.78 is 17.9. The SMILES string of the molecule is COC(=O)CCCNC(=O)CN(C)C(c1ccccc1)c1ccc(F)cc1. The van der Waals surface area contributed by atoms with E-state index in [4.69, 9.17) is 0 Å². The van der Waals surface area contributed by atoms with E-state index in [1.165, 1.54) is 19.2 Å². The Kier molecular flexibility index (Phi) is 7.95. The first-order valence-corrected chi connectivity index (χ1v) is 8.85. The number of halogens is 1. The molecule has 2 aromatic rings. The molecule has 27 heavy (non-hydrogen) atoms. The molecule has 0 fully saturated rings. The lowest BCUT2D eigenvalue weighted by molar-refractivity contribution is -0.140. The molecular weight excluding hydrogens is 347 g/mol. The van der Waals surface area contributed by atoms with Crippen molar-refractivity contribution in [3.63, 3.8) is 0 Å². The second-order valence-electron chi connectivity index (χ2n) is 6.31. The molecule has 2 rings (SSSR count). The van der Waals surface area contributed by atoms with Crippen LogP contribution in [0.1, 0.15) is 30.0 Å². The number of nitrogens with zero attached hydrogens (tertiary/aromatic N) is 1. The highest BCUT2D eigenvalue weighted by Gasteiger charge is 2.21. The standard InChI is InChI=1S/C21H25FN2O3/c1-24(15-19(25)23-14-6-9-20(26)27-2)21(16-7-4-3-5-8-16)17-10-12-18(22)13-11-17/h3-5,7-8,10-13,21H,6,9,14-15H2,1-2H3,(H,23,25). The smallest absolute Gasteiger partial charge is 0.305 e. The summed E-state index contributed by atoms with van der Waals surface area (Å²) in [5, 5.41) is 2.81. The Morgan fingerprint density at radius 2 is 1.70 bits per heavy atom. The highest BCUT2D eigenvalue weighted by molar-refractivity contribution is 5.78. The van der Waals surface area contributed by atoms with Crippen LogP contribution in [-0.4, -0.2) is 44.0 Å². The molecule has 0 aliphatic rings. The first kappa shape index (κ1) is 20.6. The number of methoxy groups -OCH3 is 1. The van der Waals surface area contributed by atoms with Crippen LogP contribution in [0, 0.1) is 5.82 Å². The zero-order valence-corrected chi connectivity index (χ0v) is 15.7. The summed E-state index contributed by atoms with van der Waals surface area (Å²) >= 11 is 0. The number of carbonyl (C=O) groups excluding carboxylic acids is 2. The van der Waals surface area contributed by atoms with E-state index in [0.29, 0.717) is 13.0 Å². The molecule has 0 aliphatic carbocycles. The Balaban J connectivity index is 2.01. The van der Waals surface area contributed by atoms with E-state index < -0.39 is 0 Å². The first-order chi connectivity index (χ1) is 13.0. The molecule has 0 spiro atoms. The van der Waals surface area contributed by atoms with Crippen LogP contribution >= 0.6 is 0 Å². The van der Waals surface area contributed by atoms with Crippen LogP contribution in [0.3, 0.4) is 0 Å². The quantitative estimate of drug-likeness (QED) is 0.543. The summed E-state index contributed by atoms with van der Waals surface area (Å²) in [6.07, 6.45) is 0.803. The fourth-order valence-electron chi connectivity index (χ4n) is 2.92. The first-order valence-electron chi connectivity index (χ1n) is 8.85. The van der Waals surface area contributed by atoms with Crippen molar-refractivity contribution < 1.29 is 18.7 Å². The number of benzene rings is 2. The summed E-state index contributed by atoms with van der Waals surface area (Å²) in [7, 11) is 3.20. The number of nitrogens with one attached hydrogen (secondary N) is 1. The van der Waals surface area contributed by atoms with E-state index in [1.807, 2.05) is 42.3 Å². The predicted octanol–water partition coefficient (Wildman–Crippen LogP) is 2.92. The third-order valence-corrected chi connectivity index (χ3v) is 4.24. The topological polar surface area (TPSA) is 58.6 Å². The Bertz CT molecular complexity index is 735. The largest absolute Gasteiger partial charge is 0.469 e. The van der Waals surface area contributed by atoms with Crippen LogP contribution < -0.4 is 5.32 Å². The number of amides is 1. The zero-order chi connectivity index (χ0) is 19.6. The molecule has 2 aromatic carbocycles. The third kappa shape index (κ3) is 6.49. The second-order valence-corrected chi connectivity index (χ2v) is 6.31. The third-order valence-electron chi connectivity index (χ3n) is 4.24. The van der Waals surface area contributed by atoms with Crippen molar-refractivity contribution in [3.8, 4) is 0 Å². The fraction of sp³-hybridized carbons (Fsp3) is 0.333. The summed E-state index contributed by atoms with van der Waals surface area (Å²) in [4.78, 5) is 25.3. The van der Waals surface area contributed by atoms with Gasteiger partial charge in [0.15, 0.2) is 0 Å². The Morgan fingerprint density at radius 3 is 2.33 bits per heavy atom. The van der Waals surface area contributed by atoms with Crippen LogP contribution in [0.4, 0.5) is 4.39 Å². The number of esters is 1. The molecule has 0 aromatic heterocycles. The number of carbonyl (C=O) groups is 2. The Labute approximate surface area is 159 Å². The summed E-state index contributed by atoms with van der Waals surface area (Å²) in [6.45, 7) is 0.587. The van der Waals surface area contributed by atoms with Gasteiger partial charge in [-0.05, 0) is 36.7 Å². The minimum atomic E-state index is -0.295. The van der Waals surface area contributed by atoms with Crippen molar-refractivity contribution in [1.82, 2.24) is 10.2 Å². The molecule has 0 bridgehead atoms. The number of hydrogen-bond donors (Lipinski definition) is 1. The van der Waals surface area contributed by atoms with Gasteiger partial charge in [0.05, 0.1) is 19.7 Å². The molecule has 1 N–H and O–H groups in total. The molecule has 0 saturated heterocycles. The van der Waals surface area contributed by atoms with Crippen LogP contribution in [0.25, 0.3) is 0 Å².